The molecule has 0 saturated heterocycles. The van der Waals surface area contributed by atoms with Crippen molar-refractivity contribution < 1.29 is 19.8 Å². The third kappa shape index (κ3) is 0.877. The Morgan fingerprint density at radius 2 is 1.30 bits per heavy atom. The molecular weight excluding hydrogens is 136 g/mol. The largest absolute Gasteiger partial charge is 0.489 e. The van der Waals surface area contributed by atoms with Gasteiger partial charge < -0.3 is 19.8 Å². The van der Waals surface area contributed by atoms with Crippen molar-refractivity contribution in [2.24, 2.45) is 11.8 Å². The topological polar surface area (TPSA) is 83.3 Å². The number of aliphatic hydroxyl groups excluding tert-OH is 2. The number of aliphatic carboxylic acids is 2. The molecule has 4 nitrogen and oxygen atoms in total. The number of hydrogen-bond donors (Lipinski definition) is 2. The molecule has 1 aliphatic carbocycles. The molecular formula is C6H8O4+2. The van der Waals surface area contributed by atoms with E-state index in [-0.39, 0.29) is 0 Å². The lowest BCUT2D eigenvalue weighted by Crippen LogP contribution is -2.32. The molecule has 0 radical (unpaired) electrons. The summed E-state index contributed by atoms with van der Waals surface area (Å²) in [7, 11) is 0. The van der Waals surface area contributed by atoms with Gasteiger partial charge in [-0.25, -0.2) is 0 Å². The van der Waals surface area contributed by atoms with Gasteiger partial charge in [-0.05, 0) is 0 Å². The molecule has 2 atom stereocenters. The fraction of sp³-hybridized carbons (Fsp3) is 0.333. The normalized spacial score (nSPS) is 29.2. The molecule has 54 valence electrons. The minimum atomic E-state index is -0.784. The van der Waals surface area contributed by atoms with Crippen molar-refractivity contribution in [2.75, 3.05) is 0 Å². The maximum absolute atomic E-state index is 8.48. The molecule has 0 bridgehead atoms. The first-order valence-electron chi connectivity index (χ1n) is 2.81. The van der Waals surface area contributed by atoms with Crippen LogP contribution in [0.2, 0.25) is 0 Å². The van der Waals surface area contributed by atoms with Crippen molar-refractivity contribution in [3.8, 4) is 0 Å². The van der Waals surface area contributed by atoms with Gasteiger partial charge in [0, 0.05) is 0 Å². The Labute approximate surface area is 56.8 Å². The molecule has 0 aliphatic heterocycles. The van der Waals surface area contributed by atoms with Gasteiger partial charge in [-0.15, -0.1) is 0 Å². The average Bonchev–Trinajstić information content (AvgIpc) is 1.56. The van der Waals surface area contributed by atoms with Crippen LogP contribution in [0.4, 0.5) is 0 Å². The van der Waals surface area contributed by atoms with Crippen LogP contribution >= 0.6 is 0 Å². The van der Waals surface area contributed by atoms with Crippen molar-refractivity contribution in [3.63, 3.8) is 0 Å². The molecule has 4 heteroatoms. The third-order valence-corrected chi connectivity index (χ3v) is 1.51. The van der Waals surface area contributed by atoms with E-state index in [1.165, 1.54) is 12.2 Å². The highest BCUT2D eigenvalue weighted by molar-refractivity contribution is 5.86. The van der Waals surface area contributed by atoms with E-state index in [0.717, 1.165) is 0 Å². The van der Waals surface area contributed by atoms with Crippen molar-refractivity contribution in [1.29, 1.82) is 0 Å². The number of hydrogen-bond acceptors (Lipinski definition) is 0. The minimum absolute atomic E-state index is 0.648. The zero-order valence-corrected chi connectivity index (χ0v) is 5.10. The first kappa shape index (κ1) is 6.80. The first-order chi connectivity index (χ1) is 4.63. The highest BCUT2D eigenvalue weighted by Crippen LogP contribution is 2.25. The van der Waals surface area contributed by atoms with Crippen LogP contribution in [0.3, 0.4) is 0 Å². The summed E-state index contributed by atoms with van der Waals surface area (Å²) in [5.74, 6) is -2.86. The lowest BCUT2D eigenvalue weighted by Gasteiger charge is -2.14. The molecule has 0 aromatic carbocycles. The Hall–Kier alpha value is -1.32. The maximum Gasteiger partial charge on any atom is 0.489 e. The molecule has 4 N–H and O–H groups in total. The molecule has 1 aliphatic rings. The summed E-state index contributed by atoms with van der Waals surface area (Å²) >= 11 is 0. The van der Waals surface area contributed by atoms with Gasteiger partial charge in [-0.3, -0.25) is 0 Å². The molecule has 0 fully saturated rings. The van der Waals surface area contributed by atoms with Gasteiger partial charge in [0.1, 0.15) is 0 Å². The molecule has 0 amide bonds. The highest BCUT2D eigenvalue weighted by atomic mass is 16.4. The second-order valence-electron chi connectivity index (χ2n) is 2.15. The van der Waals surface area contributed by atoms with Crippen LogP contribution in [-0.2, 0) is 0 Å². The number of carboxylic acids is 2. The van der Waals surface area contributed by atoms with Crippen molar-refractivity contribution >= 4 is 11.9 Å². The molecule has 10 heavy (non-hydrogen) atoms. The summed E-state index contributed by atoms with van der Waals surface area (Å²) in [6.07, 6.45) is 2.96. The summed E-state index contributed by atoms with van der Waals surface area (Å²) in [5, 5.41) is 17.0. The van der Waals surface area contributed by atoms with E-state index in [2.05, 4.69) is 0 Å². The maximum atomic E-state index is 8.48. The van der Waals surface area contributed by atoms with Crippen LogP contribution in [0.1, 0.15) is 0 Å². The average molecular weight is 144 g/mol. The van der Waals surface area contributed by atoms with E-state index in [9.17, 15) is 0 Å². The van der Waals surface area contributed by atoms with Crippen molar-refractivity contribution in [3.05, 3.63) is 12.2 Å². The smallest absolute Gasteiger partial charge is 0.339 e. The lowest BCUT2D eigenvalue weighted by atomic mass is 9.82. The van der Waals surface area contributed by atoms with Crippen LogP contribution in [-0.4, -0.2) is 31.7 Å². The number of rotatable bonds is 2. The molecule has 0 spiro atoms. The van der Waals surface area contributed by atoms with E-state index in [1.54, 1.807) is 0 Å². The summed E-state index contributed by atoms with van der Waals surface area (Å²) < 4.78 is 0. The van der Waals surface area contributed by atoms with Gasteiger partial charge in [0.2, 0.25) is 0 Å². The lowest BCUT2D eigenvalue weighted by molar-refractivity contribution is 0.352. The molecule has 1 rings (SSSR count). The van der Waals surface area contributed by atoms with E-state index in [0.29, 0.717) is 0 Å². The summed E-state index contributed by atoms with van der Waals surface area (Å²) in [4.78, 5) is 17.0. The second kappa shape index (κ2) is 2.13. The van der Waals surface area contributed by atoms with Crippen molar-refractivity contribution in [1.82, 2.24) is 0 Å². The molecule has 0 aromatic rings. The molecule has 0 aromatic heterocycles. The van der Waals surface area contributed by atoms with Gasteiger partial charge in [-0.2, -0.15) is 0 Å². The van der Waals surface area contributed by atoms with E-state index >= 15 is 0 Å². The van der Waals surface area contributed by atoms with Gasteiger partial charge in [0.05, 0.1) is 0 Å². The van der Waals surface area contributed by atoms with Crippen molar-refractivity contribution in [2.45, 2.75) is 0 Å². The Balaban J connectivity index is 2.63. The molecule has 0 heterocycles. The summed E-state index contributed by atoms with van der Waals surface area (Å²) in [6.45, 7) is 0. The Kier molecular flexibility index (Phi) is 1.45. The monoisotopic (exact) mass is 144 g/mol. The van der Waals surface area contributed by atoms with Gasteiger partial charge in [0.25, 0.3) is 0 Å². The molecule has 0 saturated carbocycles. The fourth-order valence-electron chi connectivity index (χ4n) is 0.827. The standard InChI is InChI=1S/C6H6O4/c7-5(8)3-1-2-4(3)6(9)10/h1-4H,(H,7,8)(H,9,10)/p+2. The predicted octanol–water partition coefficient (Wildman–Crippen LogP) is -0.0906. The van der Waals surface area contributed by atoms with Crippen LogP contribution in [0.15, 0.2) is 12.2 Å². The highest BCUT2D eigenvalue weighted by Gasteiger charge is 2.43. The second-order valence-corrected chi connectivity index (χ2v) is 2.15. The van der Waals surface area contributed by atoms with Gasteiger partial charge >= 0.3 is 11.9 Å². The van der Waals surface area contributed by atoms with E-state index < -0.39 is 23.8 Å². The van der Waals surface area contributed by atoms with E-state index in [4.69, 9.17) is 19.8 Å². The molecule has 2 unspecified atom stereocenters. The Morgan fingerprint density at radius 3 is 1.40 bits per heavy atom. The van der Waals surface area contributed by atoms with Crippen LogP contribution in [0.5, 0.6) is 0 Å². The summed E-state index contributed by atoms with van der Waals surface area (Å²) in [6, 6.07) is 0. The SMILES string of the molecule is OC(=[OH+])C1C=CC1C(O)=[OH+]. The third-order valence-electron chi connectivity index (χ3n) is 1.51. The quantitative estimate of drug-likeness (QED) is 0.419. The zero-order valence-electron chi connectivity index (χ0n) is 5.10. The Bertz CT molecular complexity index is 184. The van der Waals surface area contributed by atoms with Gasteiger partial charge in [-0.1, -0.05) is 12.2 Å². The van der Waals surface area contributed by atoms with Crippen LogP contribution in [0.25, 0.3) is 0 Å². The fourth-order valence-corrected chi connectivity index (χ4v) is 0.827. The minimum Gasteiger partial charge on any atom is -0.339 e. The predicted molar refractivity (Wildman–Crippen MR) is 35.3 cm³/mol. The first-order valence-corrected chi connectivity index (χ1v) is 2.81. The van der Waals surface area contributed by atoms with Crippen LogP contribution in [0, 0.1) is 11.8 Å². The zero-order chi connectivity index (χ0) is 7.72. The van der Waals surface area contributed by atoms with Gasteiger partial charge in [0.15, 0.2) is 11.8 Å². The van der Waals surface area contributed by atoms with Crippen LogP contribution < -0.4 is 0 Å². The van der Waals surface area contributed by atoms with E-state index in [1.807, 2.05) is 0 Å². The Morgan fingerprint density at radius 1 is 1.00 bits per heavy atom. The summed E-state index contributed by atoms with van der Waals surface area (Å²) in [5.41, 5.74) is 0. The number of carboxylic acid groups (broad SMARTS) is 2.